The van der Waals surface area contributed by atoms with Gasteiger partial charge in [0, 0.05) is 24.7 Å². The molecule has 2 rings (SSSR count). The highest BCUT2D eigenvalue weighted by Crippen LogP contribution is 2.22. The number of ether oxygens (including phenoxy) is 1. The summed E-state index contributed by atoms with van der Waals surface area (Å²) in [6.07, 6.45) is 0. The maximum Gasteiger partial charge on any atom is 0.270 e. The van der Waals surface area contributed by atoms with Gasteiger partial charge in [-0.25, -0.2) is 4.98 Å². The van der Waals surface area contributed by atoms with Gasteiger partial charge in [0.25, 0.3) is 5.91 Å². The number of methoxy groups -OCH3 is 1. The number of aryl methyl sites for hydroxylation is 2. The van der Waals surface area contributed by atoms with Crippen LogP contribution in [0.4, 0.5) is 10.8 Å². The minimum absolute atomic E-state index is 0.184. The number of anilines is 2. The molecule has 0 aliphatic heterocycles. The average Bonchev–Trinajstić information content (AvgIpc) is 2.92. The molecule has 0 fully saturated rings. The average molecular weight is 305 g/mol. The van der Waals surface area contributed by atoms with Gasteiger partial charge >= 0.3 is 0 Å². The molecule has 1 amide bonds. The molecule has 1 aromatic heterocycles. The summed E-state index contributed by atoms with van der Waals surface area (Å²) >= 11 is 1.41. The Balaban J connectivity index is 1.99. The number of nitrogens with one attached hydrogen (secondary N) is 2. The van der Waals surface area contributed by atoms with Crippen LogP contribution in [0.15, 0.2) is 23.6 Å². The van der Waals surface area contributed by atoms with Crippen LogP contribution in [0.25, 0.3) is 0 Å². The van der Waals surface area contributed by atoms with E-state index in [2.05, 4.69) is 41.6 Å². The highest BCUT2D eigenvalue weighted by Gasteiger charge is 2.10. The van der Waals surface area contributed by atoms with E-state index in [1.165, 1.54) is 22.5 Å². The third kappa shape index (κ3) is 4.27. The number of rotatable bonds is 6. The Kier molecular flexibility index (Phi) is 5.30. The maximum atomic E-state index is 11.8. The Morgan fingerprint density at radius 3 is 2.86 bits per heavy atom. The lowest BCUT2D eigenvalue weighted by molar-refractivity contribution is 0.0933. The quantitative estimate of drug-likeness (QED) is 0.806. The molecule has 1 aromatic carbocycles. The summed E-state index contributed by atoms with van der Waals surface area (Å²) in [5.41, 5.74) is 3.85. The normalized spacial score (nSPS) is 10.4. The molecule has 5 nitrogen and oxygen atoms in total. The summed E-state index contributed by atoms with van der Waals surface area (Å²) in [7, 11) is 1.60. The van der Waals surface area contributed by atoms with Gasteiger partial charge < -0.3 is 15.4 Å². The lowest BCUT2D eigenvalue weighted by atomic mass is 10.1. The van der Waals surface area contributed by atoms with Crippen molar-refractivity contribution in [3.63, 3.8) is 0 Å². The second-order valence-corrected chi connectivity index (χ2v) is 5.57. The summed E-state index contributed by atoms with van der Waals surface area (Å²) in [5, 5.41) is 8.41. The van der Waals surface area contributed by atoms with E-state index in [0.717, 1.165) is 5.69 Å². The molecule has 0 radical (unpaired) electrons. The zero-order valence-corrected chi connectivity index (χ0v) is 13.2. The van der Waals surface area contributed by atoms with Gasteiger partial charge in [0.2, 0.25) is 0 Å². The number of benzene rings is 1. The van der Waals surface area contributed by atoms with Crippen molar-refractivity contribution in [1.82, 2.24) is 10.3 Å². The Morgan fingerprint density at radius 2 is 2.14 bits per heavy atom. The van der Waals surface area contributed by atoms with Crippen LogP contribution in [0.1, 0.15) is 21.6 Å². The minimum atomic E-state index is -0.184. The van der Waals surface area contributed by atoms with E-state index in [-0.39, 0.29) is 5.91 Å². The van der Waals surface area contributed by atoms with E-state index in [0.29, 0.717) is 24.0 Å². The molecule has 0 saturated heterocycles. The first-order valence-corrected chi connectivity index (χ1v) is 7.55. The smallest absolute Gasteiger partial charge is 0.270 e. The van der Waals surface area contributed by atoms with Crippen LogP contribution < -0.4 is 10.6 Å². The van der Waals surface area contributed by atoms with Gasteiger partial charge in [-0.2, -0.15) is 0 Å². The number of hydrogen-bond donors (Lipinski definition) is 2. The van der Waals surface area contributed by atoms with Crippen LogP contribution in [0.3, 0.4) is 0 Å². The van der Waals surface area contributed by atoms with Gasteiger partial charge in [-0.05, 0) is 37.1 Å². The molecule has 0 aliphatic carbocycles. The van der Waals surface area contributed by atoms with Crippen molar-refractivity contribution in [3.05, 3.63) is 40.4 Å². The summed E-state index contributed by atoms with van der Waals surface area (Å²) < 4.78 is 4.89. The number of aromatic nitrogens is 1. The monoisotopic (exact) mass is 305 g/mol. The molecule has 0 unspecified atom stereocenters. The van der Waals surface area contributed by atoms with Gasteiger partial charge in [0.15, 0.2) is 5.13 Å². The molecule has 0 bridgehead atoms. The van der Waals surface area contributed by atoms with Crippen molar-refractivity contribution in [2.45, 2.75) is 13.8 Å². The van der Waals surface area contributed by atoms with E-state index in [9.17, 15) is 4.79 Å². The summed E-state index contributed by atoms with van der Waals surface area (Å²) in [6.45, 7) is 5.11. The lowest BCUT2D eigenvalue weighted by Crippen LogP contribution is -2.27. The first-order valence-electron chi connectivity index (χ1n) is 6.67. The van der Waals surface area contributed by atoms with E-state index >= 15 is 0 Å². The third-order valence-corrected chi connectivity index (χ3v) is 3.84. The van der Waals surface area contributed by atoms with Crippen LogP contribution in [0, 0.1) is 13.8 Å². The van der Waals surface area contributed by atoms with Crippen LogP contribution in [0.2, 0.25) is 0 Å². The van der Waals surface area contributed by atoms with E-state index in [1.54, 1.807) is 12.5 Å². The molecule has 0 spiro atoms. The predicted octanol–water partition coefficient (Wildman–Crippen LogP) is 2.88. The fourth-order valence-electron chi connectivity index (χ4n) is 1.74. The highest BCUT2D eigenvalue weighted by atomic mass is 32.1. The molecular formula is C15H19N3O2S. The molecule has 112 valence electrons. The van der Waals surface area contributed by atoms with Gasteiger partial charge in [0.1, 0.15) is 5.69 Å². The number of thiazole rings is 1. The fraction of sp³-hybridized carbons (Fsp3) is 0.333. The minimum Gasteiger partial charge on any atom is -0.383 e. The fourth-order valence-corrected chi connectivity index (χ4v) is 2.45. The van der Waals surface area contributed by atoms with Crippen molar-refractivity contribution >= 4 is 28.1 Å². The van der Waals surface area contributed by atoms with Crippen LogP contribution in [-0.2, 0) is 4.74 Å². The van der Waals surface area contributed by atoms with Crippen molar-refractivity contribution in [2.75, 3.05) is 25.6 Å². The van der Waals surface area contributed by atoms with Crippen molar-refractivity contribution in [2.24, 2.45) is 0 Å². The van der Waals surface area contributed by atoms with Crippen LogP contribution in [0.5, 0.6) is 0 Å². The topological polar surface area (TPSA) is 63.2 Å². The molecule has 2 N–H and O–H groups in total. The maximum absolute atomic E-state index is 11.8. The van der Waals surface area contributed by atoms with E-state index in [1.807, 2.05) is 6.07 Å². The van der Waals surface area contributed by atoms with Crippen molar-refractivity contribution < 1.29 is 9.53 Å². The van der Waals surface area contributed by atoms with E-state index < -0.39 is 0 Å². The SMILES string of the molecule is COCCNC(=O)c1csc(Nc2ccc(C)c(C)c2)n1. The zero-order chi connectivity index (χ0) is 15.2. The second-order valence-electron chi connectivity index (χ2n) is 4.71. The van der Waals surface area contributed by atoms with Crippen LogP contribution >= 0.6 is 11.3 Å². The van der Waals surface area contributed by atoms with Gasteiger partial charge in [-0.3, -0.25) is 4.79 Å². The molecule has 0 saturated carbocycles. The summed E-state index contributed by atoms with van der Waals surface area (Å²) in [4.78, 5) is 16.1. The highest BCUT2D eigenvalue weighted by molar-refractivity contribution is 7.14. The number of carbonyl (C=O) groups excluding carboxylic acids is 1. The molecule has 1 heterocycles. The van der Waals surface area contributed by atoms with E-state index in [4.69, 9.17) is 4.74 Å². The van der Waals surface area contributed by atoms with Crippen molar-refractivity contribution in [1.29, 1.82) is 0 Å². The Labute approximate surface area is 128 Å². The second kappa shape index (κ2) is 7.19. The third-order valence-electron chi connectivity index (χ3n) is 3.09. The van der Waals surface area contributed by atoms with Crippen molar-refractivity contribution in [3.8, 4) is 0 Å². The summed E-state index contributed by atoms with van der Waals surface area (Å²) in [6, 6.07) is 6.13. The molecule has 0 atom stereocenters. The van der Waals surface area contributed by atoms with Gasteiger partial charge in [-0.15, -0.1) is 11.3 Å². The number of nitrogens with zero attached hydrogens (tertiary/aromatic N) is 1. The number of hydrogen-bond acceptors (Lipinski definition) is 5. The number of carbonyl (C=O) groups is 1. The number of amides is 1. The van der Waals surface area contributed by atoms with Gasteiger partial charge in [-0.1, -0.05) is 6.07 Å². The Hall–Kier alpha value is -1.92. The molecule has 6 heteroatoms. The standard InChI is InChI=1S/C15H19N3O2S/c1-10-4-5-12(8-11(10)2)17-15-18-13(9-21-15)14(19)16-6-7-20-3/h4-5,8-9H,6-7H2,1-3H3,(H,16,19)(H,17,18). The largest absolute Gasteiger partial charge is 0.383 e. The van der Waals surface area contributed by atoms with Crippen LogP contribution in [-0.4, -0.2) is 31.2 Å². The molecule has 2 aromatic rings. The lowest BCUT2D eigenvalue weighted by Gasteiger charge is -2.05. The molecular weight excluding hydrogens is 286 g/mol. The molecule has 0 aliphatic rings. The Morgan fingerprint density at radius 1 is 1.33 bits per heavy atom. The first-order chi connectivity index (χ1) is 10.1. The van der Waals surface area contributed by atoms with Gasteiger partial charge in [0.05, 0.1) is 6.61 Å². The molecule has 21 heavy (non-hydrogen) atoms. The zero-order valence-electron chi connectivity index (χ0n) is 12.4. The Bertz CT molecular complexity index is 625. The first kappa shape index (κ1) is 15.5. The summed E-state index contributed by atoms with van der Waals surface area (Å²) in [5.74, 6) is -0.184. The predicted molar refractivity (Wildman–Crippen MR) is 85.5 cm³/mol.